The average molecular weight is 354 g/mol. The second-order valence-electron chi connectivity index (χ2n) is 8.23. The molecule has 1 saturated carbocycles. The van der Waals surface area contributed by atoms with E-state index in [2.05, 4.69) is 17.2 Å². The molecule has 0 spiro atoms. The van der Waals surface area contributed by atoms with E-state index in [-0.39, 0.29) is 42.9 Å². The van der Waals surface area contributed by atoms with Crippen molar-refractivity contribution >= 4 is 11.8 Å². The Morgan fingerprint density at radius 3 is 2.28 bits per heavy atom. The van der Waals surface area contributed by atoms with Gasteiger partial charge in [0.05, 0.1) is 30.7 Å². The summed E-state index contributed by atoms with van der Waals surface area (Å²) in [6.45, 7) is 9.25. The Bertz CT molecular complexity index is 465. The summed E-state index contributed by atoms with van der Waals surface area (Å²) < 4.78 is 0. The van der Waals surface area contributed by atoms with Crippen molar-refractivity contribution in [1.82, 2.24) is 10.6 Å². The molecule has 2 atom stereocenters. The summed E-state index contributed by atoms with van der Waals surface area (Å²) in [5.74, 6) is -1.02. The number of aliphatic hydroxyl groups excluding tert-OH is 2. The zero-order chi connectivity index (χ0) is 19.1. The number of rotatable bonds is 9. The second-order valence-corrected chi connectivity index (χ2v) is 8.23. The molecule has 1 rings (SSSR count). The first-order chi connectivity index (χ1) is 11.7. The molecule has 0 aromatic heterocycles. The minimum atomic E-state index is -0.536. The molecule has 0 bridgehead atoms. The van der Waals surface area contributed by atoms with E-state index < -0.39 is 11.5 Å². The molecule has 25 heavy (non-hydrogen) atoms. The predicted octanol–water partition coefficient (Wildman–Crippen LogP) is 1.51. The van der Waals surface area contributed by atoms with Gasteiger partial charge in [0, 0.05) is 6.42 Å². The molecular formula is C19H34N2O4. The van der Waals surface area contributed by atoms with Crippen LogP contribution in [0.4, 0.5) is 0 Å². The standard InChI is InChI=1S/C19H34N2O4/c1-5-8-14(17(25)20-15(12-22)18(2,3)4)11-16(24)21-19(13-23)9-6-7-10-19/h5,14-15,22-23H,1,6-13H2,2-4H3,(H,20,25)(H,21,24)/t14-,15-/m1/s1. The fourth-order valence-electron chi connectivity index (χ4n) is 3.25. The van der Waals surface area contributed by atoms with Gasteiger partial charge in [0.25, 0.3) is 0 Å². The van der Waals surface area contributed by atoms with Gasteiger partial charge in [0.15, 0.2) is 0 Å². The minimum absolute atomic E-state index is 0.0435. The molecule has 0 radical (unpaired) electrons. The molecule has 1 fully saturated rings. The molecule has 6 nitrogen and oxygen atoms in total. The van der Waals surface area contributed by atoms with Crippen LogP contribution in [0.15, 0.2) is 12.7 Å². The number of hydrogen-bond donors (Lipinski definition) is 4. The SMILES string of the molecule is C=CC[C@H](CC(=O)NC1(CO)CCCC1)C(=O)N[C@H](CO)C(C)(C)C. The fourth-order valence-corrected chi connectivity index (χ4v) is 3.25. The van der Waals surface area contributed by atoms with E-state index in [4.69, 9.17) is 0 Å². The molecule has 1 aliphatic carbocycles. The number of amides is 2. The Balaban J connectivity index is 2.70. The van der Waals surface area contributed by atoms with Crippen LogP contribution in [-0.2, 0) is 9.59 Å². The highest BCUT2D eigenvalue weighted by molar-refractivity contribution is 5.86. The maximum Gasteiger partial charge on any atom is 0.224 e. The van der Waals surface area contributed by atoms with Crippen LogP contribution in [0.1, 0.15) is 59.3 Å². The fraction of sp³-hybridized carbons (Fsp3) is 0.789. The number of carbonyl (C=O) groups excluding carboxylic acids is 2. The monoisotopic (exact) mass is 354 g/mol. The molecule has 1 aliphatic rings. The molecule has 144 valence electrons. The summed E-state index contributed by atoms with van der Waals surface area (Å²) in [6.07, 6.45) is 5.56. The van der Waals surface area contributed by atoms with Crippen LogP contribution in [0.5, 0.6) is 0 Å². The number of allylic oxidation sites excluding steroid dienone is 1. The lowest BCUT2D eigenvalue weighted by atomic mass is 9.86. The van der Waals surface area contributed by atoms with Crippen molar-refractivity contribution in [3.05, 3.63) is 12.7 Å². The molecule has 0 unspecified atom stereocenters. The van der Waals surface area contributed by atoms with Gasteiger partial charge in [-0.15, -0.1) is 6.58 Å². The molecule has 0 heterocycles. The normalized spacial score (nSPS) is 19.1. The van der Waals surface area contributed by atoms with Crippen molar-refractivity contribution in [3.8, 4) is 0 Å². The van der Waals surface area contributed by atoms with Gasteiger partial charge in [-0.05, 0) is 24.7 Å². The van der Waals surface area contributed by atoms with E-state index in [1.54, 1.807) is 6.08 Å². The molecule has 0 aromatic carbocycles. The molecule has 0 aromatic rings. The highest BCUT2D eigenvalue weighted by Crippen LogP contribution is 2.29. The van der Waals surface area contributed by atoms with E-state index in [1.807, 2.05) is 20.8 Å². The van der Waals surface area contributed by atoms with Gasteiger partial charge in [-0.2, -0.15) is 0 Å². The topological polar surface area (TPSA) is 98.7 Å². The summed E-state index contributed by atoms with van der Waals surface area (Å²) in [6, 6.07) is -0.381. The second kappa shape index (κ2) is 9.34. The van der Waals surface area contributed by atoms with Gasteiger partial charge in [-0.1, -0.05) is 39.7 Å². The van der Waals surface area contributed by atoms with Crippen LogP contribution in [0.3, 0.4) is 0 Å². The van der Waals surface area contributed by atoms with Gasteiger partial charge in [-0.3, -0.25) is 9.59 Å². The molecule has 2 amide bonds. The third-order valence-electron chi connectivity index (χ3n) is 5.07. The summed E-state index contributed by atoms with van der Waals surface area (Å²) in [7, 11) is 0. The van der Waals surface area contributed by atoms with E-state index >= 15 is 0 Å². The molecular weight excluding hydrogens is 320 g/mol. The third kappa shape index (κ3) is 6.44. The summed E-state index contributed by atoms with van der Waals surface area (Å²) >= 11 is 0. The van der Waals surface area contributed by atoms with Crippen LogP contribution in [0.25, 0.3) is 0 Å². The number of hydrogen-bond acceptors (Lipinski definition) is 4. The van der Waals surface area contributed by atoms with Crippen LogP contribution in [-0.4, -0.2) is 46.8 Å². The Labute approximate surface area is 151 Å². The van der Waals surface area contributed by atoms with E-state index in [0.29, 0.717) is 6.42 Å². The number of aliphatic hydroxyl groups is 2. The Hall–Kier alpha value is -1.40. The first-order valence-corrected chi connectivity index (χ1v) is 9.11. The van der Waals surface area contributed by atoms with E-state index in [1.165, 1.54) is 0 Å². The van der Waals surface area contributed by atoms with Crippen LogP contribution < -0.4 is 10.6 Å². The first kappa shape index (κ1) is 21.6. The average Bonchev–Trinajstić information content (AvgIpc) is 2.99. The van der Waals surface area contributed by atoms with Gasteiger partial charge < -0.3 is 20.8 Å². The number of carbonyl (C=O) groups is 2. The highest BCUT2D eigenvalue weighted by atomic mass is 16.3. The zero-order valence-electron chi connectivity index (χ0n) is 15.8. The van der Waals surface area contributed by atoms with Crippen LogP contribution in [0, 0.1) is 11.3 Å². The maximum absolute atomic E-state index is 12.6. The maximum atomic E-state index is 12.6. The van der Waals surface area contributed by atoms with Gasteiger partial charge in [0.2, 0.25) is 11.8 Å². The zero-order valence-corrected chi connectivity index (χ0v) is 15.8. The lowest BCUT2D eigenvalue weighted by molar-refractivity contribution is -0.132. The third-order valence-corrected chi connectivity index (χ3v) is 5.07. The van der Waals surface area contributed by atoms with Gasteiger partial charge in [-0.25, -0.2) is 0 Å². The lowest BCUT2D eigenvalue weighted by Crippen LogP contribution is -2.51. The summed E-state index contributed by atoms with van der Waals surface area (Å²) in [5.41, 5.74) is -0.818. The minimum Gasteiger partial charge on any atom is -0.394 e. The van der Waals surface area contributed by atoms with Crippen molar-refractivity contribution in [2.75, 3.05) is 13.2 Å². The van der Waals surface area contributed by atoms with Crippen molar-refractivity contribution in [2.45, 2.75) is 70.9 Å². The van der Waals surface area contributed by atoms with Crippen molar-refractivity contribution in [1.29, 1.82) is 0 Å². The lowest BCUT2D eigenvalue weighted by Gasteiger charge is -2.32. The Morgan fingerprint density at radius 1 is 1.24 bits per heavy atom. The van der Waals surface area contributed by atoms with Crippen molar-refractivity contribution in [2.24, 2.45) is 11.3 Å². The summed E-state index contributed by atoms with van der Waals surface area (Å²) in [5, 5.41) is 24.9. The molecule has 4 N–H and O–H groups in total. The van der Waals surface area contributed by atoms with Gasteiger partial charge in [0.1, 0.15) is 0 Å². The Morgan fingerprint density at radius 2 is 1.84 bits per heavy atom. The molecule has 0 aliphatic heterocycles. The Kier molecular flexibility index (Phi) is 8.09. The molecule has 6 heteroatoms. The van der Waals surface area contributed by atoms with Crippen LogP contribution in [0.2, 0.25) is 0 Å². The quantitative estimate of drug-likeness (QED) is 0.472. The first-order valence-electron chi connectivity index (χ1n) is 9.11. The smallest absolute Gasteiger partial charge is 0.224 e. The van der Waals surface area contributed by atoms with Crippen molar-refractivity contribution in [3.63, 3.8) is 0 Å². The molecule has 0 saturated heterocycles. The van der Waals surface area contributed by atoms with Crippen LogP contribution >= 0.6 is 0 Å². The highest BCUT2D eigenvalue weighted by Gasteiger charge is 2.36. The predicted molar refractivity (Wildman–Crippen MR) is 97.8 cm³/mol. The number of nitrogens with one attached hydrogen (secondary N) is 2. The van der Waals surface area contributed by atoms with E-state index in [0.717, 1.165) is 25.7 Å². The summed E-state index contributed by atoms with van der Waals surface area (Å²) in [4.78, 5) is 25.0. The van der Waals surface area contributed by atoms with Gasteiger partial charge >= 0.3 is 0 Å². The van der Waals surface area contributed by atoms with Crippen molar-refractivity contribution < 1.29 is 19.8 Å². The van der Waals surface area contributed by atoms with E-state index in [9.17, 15) is 19.8 Å². The largest absolute Gasteiger partial charge is 0.394 e.